The zero-order valence-corrected chi connectivity index (χ0v) is 15.3. The van der Waals surface area contributed by atoms with E-state index in [0.717, 1.165) is 11.1 Å². The number of ether oxygens (including phenoxy) is 1. The second kappa shape index (κ2) is 8.58. The number of carbonyl (C=O) groups is 2. The summed E-state index contributed by atoms with van der Waals surface area (Å²) in [5.74, 6) is 1.29. The number of ketones is 1. The number of rotatable bonds is 7. The number of phenols is 1. The largest absolute Gasteiger partial charge is 0.506 e. The Labute approximate surface area is 151 Å². The van der Waals surface area contributed by atoms with Crippen molar-refractivity contribution in [1.29, 1.82) is 0 Å². The van der Waals surface area contributed by atoms with Gasteiger partial charge in [-0.2, -0.15) is 0 Å². The summed E-state index contributed by atoms with van der Waals surface area (Å²) in [6.07, 6.45) is 0. The number of anilines is 1. The number of phenolic OH excluding ortho intramolecular Hbond substituents is 1. The SMILES string of the molecule is COc1ccc(C(C)=O)cc1CSCC(=O)Nc1ccc(C)cc1O. The van der Waals surface area contributed by atoms with Crippen molar-refractivity contribution in [2.45, 2.75) is 19.6 Å². The molecule has 0 atom stereocenters. The lowest BCUT2D eigenvalue weighted by Gasteiger charge is -2.10. The average molecular weight is 359 g/mol. The molecule has 2 rings (SSSR count). The minimum Gasteiger partial charge on any atom is -0.506 e. The molecule has 0 aliphatic rings. The van der Waals surface area contributed by atoms with E-state index in [1.807, 2.05) is 13.0 Å². The Morgan fingerprint density at radius 3 is 2.60 bits per heavy atom. The lowest BCUT2D eigenvalue weighted by Crippen LogP contribution is -2.14. The molecule has 6 heteroatoms. The first-order valence-corrected chi connectivity index (χ1v) is 8.91. The quantitative estimate of drug-likeness (QED) is 0.581. The fourth-order valence-electron chi connectivity index (χ4n) is 2.30. The maximum atomic E-state index is 12.0. The van der Waals surface area contributed by atoms with Gasteiger partial charge in [0.2, 0.25) is 5.91 Å². The minimum atomic E-state index is -0.203. The van der Waals surface area contributed by atoms with E-state index in [2.05, 4.69) is 5.32 Å². The van der Waals surface area contributed by atoms with Crippen molar-refractivity contribution in [1.82, 2.24) is 0 Å². The number of methoxy groups -OCH3 is 1. The molecule has 0 fully saturated rings. The number of aryl methyl sites for hydroxylation is 1. The van der Waals surface area contributed by atoms with Crippen LogP contribution in [0, 0.1) is 6.92 Å². The molecule has 5 nitrogen and oxygen atoms in total. The van der Waals surface area contributed by atoms with Crippen LogP contribution in [0.3, 0.4) is 0 Å². The second-order valence-corrected chi connectivity index (χ2v) is 6.63. The van der Waals surface area contributed by atoms with Gasteiger partial charge < -0.3 is 15.2 Å². The molecule has 2 aromatic carbocycles. The van der Waals surface area contributed by atoms with Crippen LogP contribution in [0.25, 0.3) is 0 Å². The van der Waals surface area contributed by atoms with E-state index in [-0.39, 0.29) is 23.2 Å². The third-order valence-corrected chi connectivity index (χ3v) is 4.59. The lowest BCUT2D eigenvalue weighted by molar-refractivity contribution is -0.113. The van der Waals surface area contributed by atoms with E-state index in [4.69, 9.17) is 4.74 Å². The van der Waals surface area contributed by atoms with Crippen LogP contribution in [-0.2, 0) is 10.5 Å². The Balaban J connectivity index is 1.94. The molecule has 0 aromatic heterocycles. The van der Waals surface area contributed by atoms with Crippen LogP contribution >= 0.6 is 11.8 Å². The molecule has 0 radical (unpaired) electrons. The molecule has 2 N–H and O–H groups in total. The topological polar surface area (TPSA) is 75.6 Å². The van der Waals surface area contributed by atoms with E-state index in [1.54, 1.807) is 37.4 Å². The van der Waals surface area contributed by atoms with Crippen LogP contribution in [0.15, 0.2) is 36.4 Å². The van der Waals surface area contributed by atoms with Gasteiger partial charge >= 0.3 is 0 Å². The van der Waals surface area contributed by atoms with E-state index in [1.165, 1.54) is 18.7 Å². The van der Waals surface area contributed by atoms with Crippen molar-refractivity contribution in [3.8, 4) is 11.5 Å². The van der Waals surface area contributed by atoms with Crippen LogP contribution in [0.2, 0.25) is 0 Å². The first-order valence-electron chi connectivity index (χ1n) is 7.75. The van der Waals surface area contributed by atoms with Gasteiger partial charge in [-0.15, -0.1) is 11.8 Å². The van der Waals surface area contributed by atoms with Crippen molar-refractivity contribution in [2.24, 2.45) is 0 Å². The van der Waals surface area contributed by atoms with Crippen LogP contribution < -0.4 is 10.1 Å². The Morgan fingerprint density at radius 2 is 1.96 bits per heavy atom. The minimum absolute atomic E-state index is 0.0125. The summed E-state index contributed by atoms with van der Waals surface area (Å²) in [6.45, 7) is 3.38. The number of nitrogens with one attached hydrogen (secondary N) is 1. The fraction of sp³-hybridized carbons (Fsp3) is 0.263. The molecule has 0 bridgehead atoms. The van der Waals surface area contributed by atoms with E-state index in [0.29, 0.717) is 22.8 Å². The molecular weight excluding hydrogens is 338 g/mol. The highest BCUT2D eigenvalue weighted by Gasteiger charge is 2.10. The Morgan fingerprint density at radius 1 is 1.20 bits per heavy atom. The molecule has 0 unspecified atom stereocenters. The Kier molecular flexibility index (Phi) is 6.47. The Hall–Kier alpha value is -2.47. The van der Waals surface area contributed by atoms with Gasteiger partial charge in [-0.3, -0.25) is 9.59 Å². The highest BCUT2D eigenvalue weighted by atomic mass is 32.2. The smallest absolute Gasteiger partial charge is 0.234 e. The number of aromatic hydroxyl groups is 1. The number of benzene rings is 2. The van der Waals surface area contributed by atoms with Gasteiger partial charge in [-0.1, -0.05) is 6.07 Å². The van der Waals surface area contributed by atoms with Crippen LogP contribution in [0.4, 0.5) is 5.69 Å². The monoisotopic (exact) mass is 359 g/mol. The van der Waals surface area contributed by atoms with E-state index >= 15 is 0 Å². The summed E-state index contributed by atoms with van der Waals surface area (Å²) >= 11 is 1.41. The third-order valence-electron chi connectivity index (χ3n) is 3.60. The molecule has 0 heterocycles. The molecule has 2 aromatic rings. The number of amides is 1. The fourth-order valence-corrected chi connectivity index (χ4v) is 3.10. The molecule has 0 aliphatic heterocycles. The normalized spacial score (nSPS) is 10.4. The molecule has 0 saturated carbocycles. The van der Waals surface area contributed by atoms with Gasteiger partial charge in [-0.05, 0) is 49.7 Å². The van der Waals surface area contributed by atoms with Gasteiger partial charge in [0.05, 0.1) is 18.6 Å². The number of hydrogen-bond acceptors (Lipinski definition) is 5. The van der Waals surface area contributed by atoms with Crippen LogP contribution in [0.1, 0.15) is 28.4 Å². The van der Waals surface area contributed by atoms with Crippen LogP contribution in [0.5, 0.6) is 11.5 Å². The molecular formula is C19H21NO4S. The van der Waals surface area contributed by atoms with Gasteiger partial charge in [0.15, 0.2) is 5.78 Å². The number of carbonyl (C=O) groups excluding carboxylic acids is 2. The molecule has 1 amide bonds. The summed E-state index contributed by atoms with van der Waals surface area (Å²) in [5, 5.41) is 12.5. The van der Waals surface area contributed by atoms with Crippen molar-refractivity contribution >= 4 is 29.1 Å². The molecule has 0 saturated heterocycles. The zero-order valence-electron chi connectivity index (χ0n) is 14.5. The third kappa shape index (κ3) is 5.26. The summed E-state index contributed by atoms with van der Waals surface area (Å²) < 4.78 is 5.30. The maximum Gasteiger partial charge on any atom is 0.234 e. The first-order chi connectivity index (χ1) is 11.9. The summed E-state index contributed by atoms with van der Waals surface area (Å²) in [7, 11) is 1.57. The van der Waals surface area contributed by atoms with E-state index in [9.17, 15) is 14.7 Å². The number of thioether (sulfide) groups is 1. The van der Waals surface area contributed by atoms with Crippen molar-refractivity contribution in [3.63, 3.8) is 0 Å². The standard InChI is InChI=1S/C19H21NO4S/c1-12-4-6-16(17(22)8-12)20-19(23)11-25-10-15-9-14(13(2)21)5-7-18(15)24-3/h4-9,22H,10-11H2,1-3H3,(H,20,23). The van der Waals surface area contributed by atoms with Crippen molar-refractivity contribution in [3.05, 3.63) is 53.1 Å². The van der Waals surface area contributed by atoms with Crippen molar-refractivity contribution in [2.75, 3.05) is 18.2 Å². The predicted octanol–water partition coefficient (Wildman–Crippen LogP) is 3.78. The molecule has 132 valence electrons. The van der Waals surface area contributed by atoms with Crippen LogP contribution in [-0.4, -0.2) is 29.7 Å². The highest BCUT2D eigenvalue weighted by molar-refractivity contribution is 7.99. The Bertz CT molecular complexity index is 789. The predicted molar refractivity (Wildman–Crippen MR) is 101 cm³/mol. The number of hydrogen-bond donors (Lipinski definition) is 2. The highest BCUT2D eigenvalue weighted by Crippen LogP contribution is 2.26. The zero-order chi connectivity index (χ0) is 18.4. The van der Waals surface area contributed by atoms with Gasteiger partial charge in [0.25, 0.3) is 0 Å². The van der Waals surface area contributed by atoms with E-state index < -0.39 is 0 Å². The maximum absolute atomic E-state index is 12.0. The summed E-state index contributed by atoms with van der Waals surface area (Å²) in [6, 6.07) is 10.4. The van der Waals surface area contributed by atoms with Gasteiger partial charge in [0, 0.05) is 16.9 Å². The summed E-state index contributed by atoms with van der Waals surface area (Å²) in [4.78, 5) is 23.5. The lowest BCUT2D eigenvalue weighted by atomic mass is 10.1. The van der Waals surface area contributed by atoms with Gasteiger partial charge in [-0.25, -0.2) is 0 Å². The first kappa shape index (κ1) is 18.9. The molecule has 25 heavy (non-hydrogen) atoms. The molecule has 0 aliphatic carbocycles. The van der Waals surface area contributed by atoms with Gasteiger partial charge in [0.1, 0.15) is 11.5 Å². The second-order valence-electron chi connectivity index (χ2n) is 5.64. The molecule has 0 spiro atoms. The number of Topliss-reactive ketones (excluding diaryl/α,β-unsaturated/α-hetero) is 1. The summed E-state index contributed by atoms with van der Waals surface area (Å²) in [5.41, 5.74) is 2.80. The van der Waals surface area contributed by atoms with Crippen molar-refractivity contribution < 1.29 is 19.4 Å². The average Bonchev–Trinajstić information content (AvgIpc) is 2.57.